The van der Waals surface area contributed by atoms with Gasteiger partial charge in [0.25, 0.3) is 11.8 Å². The smallest absolute Gasteiger partial charge is 0.280 e. The highest BCUT2D eigenvalue weighted by molar-refractivity contribution is 6.20. The van der Waals surface area contributed by atoms with E-state index in [1.807, 2.05) is 6.92 Å². The van der Waals surface area contributed by atoms with Crippen molar-refractivity contribution < 1.29 is 14.7 Å². The summed E-state index contributed by atoms with van der Waals surface area (Å²) in [6.07, 6.45) is 3.01. The number of aromatic nitrogens is 1. The van der Waals surface area contributed by atoms with Crippen LogP contribution in [0.25, 0.3) is 0 Å². The van der Waals surface area contributed by atoms with Crippen molar-refractivity contribution in [2.45, 2.75) is 19.8 Å². The van der Waals surface area contributed by atoms with E-state index in [9.17, 15) is 9.59 Å². The van der Waals surface area contributed by atoms with Crippen LogP contribution in [-0.4, -0.2) is 40.0 Å². The van der Waals surface area contributed by atoms with Gasteiger partial charge in [-0.05, 0) is 30.9 Å². The highest BCUT2D eigenvalue weighted by Crippen LogP contribution is 2.21. The molecular weight excluding hydrogens is 232 g/mol. The maximum atomic E-state index is 12.0. The monoisotopic (exact) mass is 248 g/mol. The minimum atomic E-state index is -0.313. The number of aliphatic hydroxyl groups excluding tert-OH is 1. The quantitative estimate of drug-likeness (QED) is 0.792. The van der Waals surface area contributed by atoms with Gasteiger partial charge in [0.1, 0.15) is 5.69 Å². The number of amides is 2. The van der Waals surface area contributed by atoms with Crippen LogP contribution in [0.2, 0.25) is 0 Å². The second kappa shape index (κ2) is 5.27. The van der Waals surface area contributed by atoms with Crippen molar-refractivity contribution in [2.24, 2.45) is 5.92 Å². The molecule has 0 aromatic carbocycles. The molecule has 0 aliphatic carbocycles. The molecule has 1 aliphatic heterocycles. The van der Waals surface area contributed by atoms with Crippen LogP contribution in [0.3, 0.4) is 0 Å². The Morgan fingerprint density at radius 1 is 1.39 bits per heavy atom. The Hall–Kier alpha value is -1.75. The van der Waals surface area contributed by atoms with Gasteiger partial charge in [0.15, 0.2) is 0 Å². The molecule has 1 aromatic rings. The molecule has 96 valence electrons. The van der Waals surface area contributed by atoms with Crippen molar-refractivity contribution in [3.8, 4) is 0 Å². The van der Waals surface area contributed by atoms with Gasteiger partial charge in [0, 0.05) is 19.3 Å². The highest BCUT2D eigenvalue weighted by atomic mass is 16.3. The molecule has 5 heteroatoms. The van der Waals surface area contributed by atoms with E-state index in [2.05, 4.69) is 4.98 Å². The maximum absolute atomic E-state index is 12.0. The van der Waals surface area contributed by atoms with Crippen molar-refractivity contribution in [3.63, 3.8) is 0 Å². The predicted molar refractivity (Wildman–Crippen MR) is 65.1 cm³/mol. The Morgan fingerprint density at radius 3 is 2.83 bits per heavy atom. The molecule has 1 aliphatic rings. The molecule has 0 bridgehead atoms. The summed E-state index contributed by atoms with van der Waals surface area (Å²) in [5.74, 6) is -0.384. The van der Waals surface area contributed by atoms with E-state index in [1.54, 1.807) is 12.1 Å². The fourth-order valence-corrected chi connectivity index (χ4v) is 2.01. The Morgan fingerprint density at radius 2 is 2.17 bits per heavy atom. The molecule has 0 fully saturated rings. The molecule has 1 aromatic heterocycles. The Balaban J connectivity index is 2.01. The van der Waals surface area contributed by atoms with Gasteiger partial charge < -0.3 is 5.11 Å². The van der Waals surface area contributed by atoms with Gasteiger partial charge in [-0.3, -0.25) is 19.5 Å². The fraction of sp³-hybridized carbons (Fsp3) is 0.462. The second-order valence-electron chi connectivity index (χ2n) is 4.59. The summed E-state index contributed by atoms with van der Waals surface area (Å²) in [6, 6.07) is 3.28. The third kappa shape index (κ3) is 2.26. The van der Waals surface area contributed by atoms with Crippen LogP contribution in [0.5, 0.6) is 0 Å². The van der Waals surface area contributed by atoms with E-state index in [0.717, 1.165) is 6.42 Å². The highest BCUT2D eigenvalue weighted by Gasteiger charge is 2.35. The van der Waals surface area contributed by atoms with E-state index in [0.29, 0.717) is 18.5 Å². The van der Waals surface area contributed by atoms with E-state index in [-0.39, 0.29) is 30.0 Å². The second-order valence-corrected chi connectivity index (χ2v) is 4.59. The van der Waals surface area contributed by atoms with Crippen LogP contribution in [0.1, 0.15) is 40.6 Å². The molecule has 1 unspecified atom stereocenters. The van der Waals surface area contributed by atoms with Crippen LogP contribution in [-0.2, 0) is 0 Å². The molecule has 18 heavy (non-hydrogen) atoms. The standard InChI is InChI=1S/C13H16N2O3/c1-9(8-16)4-3-7-15-12(17)10-5-2-6-14-11(10)13(15)18/h2,5-6,9,16H,3-4,7-8H2,1H3. The summed E-state index contributed by atoms with van der Waals surface area (Å²) in [5, 5.41) is 8.92. The molecule has 0 saturated carbocycles. The van der Waals surface area contributed by atoms with Gasteiger partial charge in [-0.15, -0.1) is 0 Å². The molecular formula is C13H16N2O3. The Labute approximate surface area is 105 Å². The van der Waals surface area contributed by atoms with Crippen LogP contribution in [0.4, 0.5) is 0 Å². The number of hydrogen-bond acceptors (Lipinski definition) is 4. The number of hydrogen-bond donors (Lipinski definition) is 1. The molecule has 0 spiro atoms. The molecule has 1 N–H and O–H groups in total. The summed E-state index contributed by atoms with van der Waals surface area (Å²) in [5.41, 5.74) is 0.635. The maximum Gasteiger partial charge on any atom is 0.280 e. The van der Waals surface area contributed by atoms with Crippen LogP contribution in [0, 0.1) is 5.92 Å². The van der Waals surface area contributed by atoms with Crippen molar-refractivity contribution in [2.75, 3.05) is 13.2 Å². The van der Waals surface area contributed by atoms with Crippen LogP contribution < -0.4 is 0 Å². The summed E-state index contributed by atoms with van der Waals surface area (Å²) < 4.78 is 0. The van der Waals surface area contributed by atoms with Gasteiger partial charge >= 0.3 is 0 Å². The summed E-state index contributed by atoms with van der Waals surface area (Å²) >= 11 is 0. The van der Waals surface area contributed by atoms with Crippen LogP contribution in [0.15, 0.2) is 18.3 Å². The Kier molecular flexibility index (Phi) is 3.72. The number of rotatable bonds is 5. The van der Waals surface area contributed by atoms with Gasteiger partial charge in [-0.25, -0.2) is 0 Å². The molecule has 1 atom stereocenters. The number of carbonyl (C=O) groups excluding carboxylic acids is 2. The van der Waals surface area contributed by atoms with E-state index < -0.39 is 0 Å². The molecule has 2 amide bonds. The number of imide groups is 1. The van der Waals surface area contributed by atoms with Crippen LogP contribution >= 0.6 is 0 Å². The number of fused-ring (bicyclic) bond motifs is 1. The van der Waals surface area contributed by atoms with Crippen molar-refractivity contribution in [3.05, 3.63) is 29.6 Å². The lowest BCUT2D eigenvalue weighted by molar-refractivity contribution is 0.0647. The SMILES string of the molecule is CC(CO)CCCN1C(=O)c2cccnc2C1=O. The predicted octanol–water partition coefficient (Wildman–Crippen LogP) is 1.09. The number of pyridine rings is 1. The minimum absolute atomic E-state index is 0.129. The van der Waals surface area contributed by atoms with E-state index >= 15 is 0 Å². The first kappa shape index (κ1) is 12.7. The minimum Gasteiger partial charge on any atom is -0.396 e. The summed E-state index contributed by atoms with van der Waals surface area (Å²) in [4.78, 5) is 29.1. The van der Waals surface area contributed by atoms with Gasteiger partial charge in [0.2, 0.25) is 0 Å². The first-order valence-electron chi connectivity index (χ1n) is 6.07. The normalized spacial score (nSPS) is 16.0. The largest absolute Gasteiger partial charge is 0.396 e. The van der Waals surface area contributed by atoms with Crippen molar-refractivity contribution in [1.82, 2.24) is 9.88 Å². The van der Waals surface area contributed by atoms with Gasteiger partial charge in [-0.2, -0.15) is 0 Å². The third-order valence-corrected chi connectivity index (χ3v) is 3.12. The van der Waals surface area contributed by atoms with Gasteiger partial charge in [0.05, 0.1) is 5.56 Å². The molecule has 0 radical (unpaired) electrons. The lowest BCUT2D eigenvalue weighted by Gasteiger charge is -2.14. The fourth-order valence-electron chi connectivity index (χ4n) is 2.01. The number of aliphatic hydroxyl groups is 1. The average Bonchev–Trinajstić information content (AvgIpc) is 2.64. The Bertz CT molecular complexity index is 438. The third-order valence-electron chi connectivity index (χ3n) is 3.12. The lowest BCUT2D eigenvalue weighted by atomic mass is 10.1. The molecule has 2 rings (SSSR count). The topological polar surface area (TPSA) is 70.5 Å². The zero-order chi connectivity index (χ0) is 13.1. The van der Waals surface area contributed by atoms with Gasteiger partial charge in [-0.1, -0.05) is 6.92 Å². The number of carbonyl (C=O) groups is 2. The van der Waals surface area contributed by atoms with E-state index in [4.69, 9.17) is 5.11 Å². The zero-order valence-electron chi connectivity index (χ0n) is 10.3. The zero-order valence-corrected chi connectivity index (χ0v) is 10.3. The van der Waals surface area contributed by atoms with Crippen molar-refractivity contribution in [1.29, 1.82) is 0 Å². The lowest BCUT2D eigenvalue weighted by Crippen LogP contribution is -2.31. The molecule has 5 nitrogen and oxygen atoms in total. The van der Waals surface area contributed by atoms with E-state index in [1.165, 1.54) is 11.1 Å². The summed E-state index contributed by atoms with van der Waals surface area (Å²) in [7, 11) is 0. The number of nitrogens with zero attached hydrogens (tertiary/aromatic N) is 2. The molecule has 2 heterocycles. The average molecular weight is 248 g/mol. The first-order valence-corrected chi connectivity index (χ1v) is 6.07. The molecule has 0 saturated heterocycles. The van der Waals surface area contributed by atoms with Crippen molar-refractivity contribution >= 4 is 11.8 Å². The summed E-state index contributed by atoms with van der Waals surface area (Å²) in [6.45, 7) is 2.45. The first-order chi connectivity index (χ1) is 8.65.